The van der Waals surface area contributed by atoms with Gasteiger partial charge in [0.25, 0.3) is 0 Å². The van der Waals surface area contributed by atoms with Gasteiger partial charge in [-0.15, -0.1) is 0 Å². The van der Waals surface area contributed by atoms with Crippen LogP contribution in [0.15, 0.2) is 188 Å². The van der Waals surface area contributed by atoms with Crippen molar-refractivity contribution in [2.24, 2.45) is 0 Å². The standard InChI is InChI=1S/C62H53BN4O9/c1-66-60(68)53-51-46-29-27-44(71-34-40-19-9-3-10-20-40)31-48(46)65-55(51)56-52(54(53)61(66)69)47-30-28-45(72-35-41-21-11-4-12-22-41)32-49(47)67(56)62-59(74-37-43-25-15-6-16-26-43)58(73-36-42-23-13-5-14-24-42)57(76-63-64)50(75-62)38-70-33-39-17-7-2-8-18-39/h2-32,50,57-59,62,64-65H,33-38H2,1H3. The molecule has 4 heterocycles. The van der Waals surface area contributed by atoms with Crippen LogP contribution in [0.25, 0.3) is 43.6 Å². The van der Waals surface area contributed by atoms with Gasteiger partial charge in [0.2, 0.25) is 0 Å². The molecule has 5 atom stereocenters. The SMILES string of the molecule is CN1C(=O)c2c(c3c4ccc(OCc5ccccc5)cc4n(C4OC(COCc5ccccc5)C(OB=N)C(OCc5ccccc5)C4OCc4ccccc4)c3c3[nH]c4cc(OCc5ccccc5)ccc4c23)C1=O. The zero-order valence-corrected chi connectivity index (χ0v) is 41.7. The van der Waals surface area contributed by atoms with Gasteiger partial charge < -0.3 is 4.74 Å². The van der Waals surface area contributed by atoms with E-state index in [1.807, 2.05) is 188 Å². The average molecular weight is 1010 g/mol. The maximum atomic E-state index is 14.9. The summed E-state index contributed by atoms with van der Waals surface area (Å²) in [5.74, 6) is 0.349. The van der Waals surface area contributed by atoms with Gasteiger partial charge >= 0.3 is 363 Å². The third-order valence-electron chi connectivity index (χ3n) is 14.3. The fourth-order valence-electron chi connectivity index (χ4n) is 10.7. The van der Waals surface area contributed by atoms with Crippen LogP contribution < -0.4 is 9.47 Å². The van der Waals surface area contributed by atoms with Crippen molar-refractivity contribution in [1.29, 1.82) is 5.31 Å². The Morgan fingerprint density at radius 2 is 1.04 bits per heavy atom. The number of nitrogens with one attached hydrogen (secondary N) is 2. The number of aromatic amines is 1. The van der Waals surface area contributed by atoms with Crippen molar-refractivity contribution in [1.82, 2.24) is 14.5 Å². The van der Waals surface area contributed by atoms with Crippen LogP contribution in [0.3, 0.4) is 0 Å². The zero-order chi connectivity index (χ0) is 51.5. The maximum absolute atomic E-state index is 14.9. The molecule has 2 amide bonds. The first-order chi connectivity index (χ1) is 37.4. The van der Waals surface area contributed by atoms with E-state index >= 15 is 0 Å². The minimum atomic E-state index is -1.04. The van der Waals surface area contributed by atoms with Crippen LogP contribution in [0, 0.1) is 5.31 Å². The number of amides is 2. The molecule has 5 unspecified atom stereocenters. The summed E-state index contributed by atoms with van der Waals surface area (Å²) < 4.78 is 49.5. The molecular weight excluding hydrogens is 956 g/mol. The molecule has 2 N–H and O–H groups in total. The van der Waals surface area contributed by atoms with Crippen LogP contribution in [-0.4, -0.2) is 71.6 Å². The monoisotopic (exact) mass is 1010 g/mol. The van der Waals surface area contributed by atoms with Crippen LogP contribution in [0.1, 0.15) is 54.8 Å². The Bertz CT molecular complexity index is 3710. The van der Waals surface area contributed by atoms with Gasteiger partial charge in [-0.2, -0.15) is 0 Å². The molecule has 8 aromatic carbocycles. The van der Waals surface area contributed by atoms with Gasteiger partial charge in [0.05, 0.1) is 0 Å². The molecular formula is C62H53BN4O9. The van der Waals surface area contributed by atoms with Gasteiger partial charge in [-0.1, -0.05) is 60.7 Å². The number of hydrogen-bond donors (Lipinski definition) is 2. The van der Waals surface area contributed by atoms with Crippen molar-refractivity contribution in [2.75, 3.05) is 13.7 Å². The van der Waals surface area contributed by atoms with Gasteiger partial charge in [0, 0.05) is 0 Å². The second kappa shape index (κ2) is 21.4. The molecule has 0 radical (unpaired) electrons. The Hall–Kier alpha value is -8.40. The molecule has 14 heteroatoms. The molecule has 1 saturated heterocycles. The number of aromatic nitrogens is 2. The quantitative estimate of drug-likeness (QED) is 0.0597. The first-order valence-electron chi connectivity index (χ1n) is 25.4. The molecule has 378 valence electrons. The number of nitrogens with zero attached hydrogens (tertiary/aromatic N) is 2. The van der Waals surface area contributed by atoms with Crippen LogP contribution in [0.5, 0.6) is 11.5 Å². The molecule has 2 aliphatic heterocycles. The topological polar surface area (TPSA) is 147 Å². The van der Waals surface area contributed by atoms with E-state index in [1.165, 1.54) is 11.9 Å². The van der Waals surface area contributed by atoms with Gasteiger partial charge in [0.15, 0.2) is 0 Å². The Kier molecular flexibility index (Phi) is 13.7. The Balaban J connectivity index is 1.10. The van der Waals surface area contributed by atoms with E-state index in [4.69, 9.17) is 38.4 Å². The van der Waals surface area contributed by atoms with E-state index in [9.17, 15) is 9.59 Å². The van der Waals surface area contributed by atoms with E-state index in [0.29, 0.717) is 68.5 Å². The molecule has 1 fully saturated rings. The summed E-state index contributed by atoms with van der Waals surface area (Å²) in [6.07, 6.45) is -4.61. The summed E-state index contributed by atoms with van der Waals surface area (Å²) in [5, 5.41) is 10.9. The van der Waals surface area contributed by atoms with Crippen LogP contribution in [-0.2, 0) is 56.6 Å². The molecule has 0 saturated carbocycles. The third-order valence-corrected chi connectivity index (χ3v) is 14.3. The fraction of sp³-hybridized carbons (Fsp3) is 0.194. The Labute approximate surface area is 439 Å². The molecule has 13 nitrogen and oxygen atoms in total. The molecule has 0 spiro atoms. The average Bonchev–Trinajstić information content (AvgIpc) is 4.25. The number of H-pyrrole nitrogens is 1. The molecule has 10 aromatic rings. The first-order valence-corrected chi connectivity index (χ1v) is 25.4. The van der Waals surface area contributed by atoms with Gasteiger partial charge in [-0.05, 0) is 5.56 Å². The molecule has 0 aliphatic carbocycles. The van der Waals surface area contributed by atoms with Gasteiger partial charge in [-0.25, -0.2) is 0 Å². The number of carbonyl (C=O) groups is 2. The molecule has 2 aliphatic rings. The zero-order valence-electron chi connectivity index (χ0n) is 41.7. The summed E-state index contributed by atoms with van der Waals surface area (Å²) in [6, 6.07) is 61.0. The summed E-state index contributed by atoms with van der Waals surface area (Å²) >= 11 is 0. The van der Waals surface area contributed by atoms with Crippen LogP contribution in [0.4, 0.5) is 0 Å². The number of hydrogen-bond acceptors (Lipinski definition) is 10. The Morgan fingerprint density at radius 3 is 1.59 bits per heavy atom. The summed E-state index contributed by atoms with van der Waals surface area (Å²) in [5.41, 5.74) is 7.93. The van der Waals surface area contributed by atoms with E-state index < -0.39 is 42.5 Å². The molecule has 12 rings (SSSR count). The minimum absolute atomic E-state index is 0.0454. The summed E-state index contributed by atoms with van der Waals surface area (Å²) in [6.45, 7) is 1.31. The van der Waals surface area contributed by atoms with Crippen molar-refractivity contribution >= 4 is 62.7 Å². The number of benzene rings is 8. The fourth-order valence-corrected chi connectivity index (χ4v) is 10.7. The Morgan fingerprint density at radius 1 is 0.553 bits per heavy atom. The number of fused-ring (bicyclic) bond motifs is 10. The number of imide groups is 1. The molecule has 2 aromatic heterocycles. The van der Waals surface area contributed by atoms with Crippen LogP contribution in [0.2, 0.25) is 0 Å². The van der Waals surface area contributed by atoms with E-state index in [1.54, 1.807) is 0 Å². The number of ether oxygens (including phenoxy) is 6. The second-order valence-electron chi connectivity index (χ2n) is 19.1. The summed E-state index contributed by atoms with van der Waals surface area (Å²) in [4.78, 5) is 34.4. The second-order valence-corrected chi connectivity index (χ2v) is 19.1. The third kappa shape index (κ3) is 9.41. The van der Waals surface area contributed by atoms with Gasteiger partial charge in [-0.3, -0.25) is 0 Å². The first kappa shape index (κ1) is 48.5. The van der Waals surface area contributed by atoms with E-state index in [2.05, 4.69) is 9.55 Å². The predicted octanol–water partition coefficient (Wildman–Crippen LogP) is 11.9. The number of rotatable bonds is 19. The molecule has 0 bridgehead atoms. The van der Waals surface area contributed by atoms with Crippen molar-refractivity contribution in [3.63, 3.8) is 0 Å². The number of carbonyl (C=O) groups excluding carboxylic acids is 2. The van der Waals surface area contributed by atoms with Crippen molar-refractivity contribution in [2.45, 2.75) is 63.7 Å². The van der Waals surface area contributed by atoms with E-state index in [0.717, 1.165) is 40.5 Å². The predicted molar refractivity (Wildman–Crippen MR) is 290 cm³/mol. The van der Waals surface area contributed by atoms with E-state index in [-0.39, 0.29) is 32.0 Å². The van der Waals surface area contributed by atoms with Crippen molar-refractivity contribution in [3.05, 3.63) is 227 Å². The summed E-state index contributed by atoms with van der Waals surface area (Å²) in [7, 11) is 2.44. The van der Waals surface area contributed by atoms with Crippen molar-refractivity contribution in [3.8, 4) is 11.5 Å². The normalized spacial score (nSPS) is 18.4. The van der Waals surface area contributed by atoms with Crippen LogP contribution >= 0.6 is 0 Å². The molecule has 76 heavy (non-hydrogen) atoms. The van der Waals surface area contributed by atoms with Crippen molar-refractivity contribution < 1.29 is 42.7 Å². The van der Waals surface area contributed by atoms with Gasteiger partial charge in [0.1, 0.15) is 6.61 Å².